The van der Waals surface area contributed by atoms with E-state index in [-0.39, 0.29) is 11.1 Å². The fourth-order valence-corrected chi connectivity index (χ4v) is 4.07. The number of aromatic nitrogens is 2. The van der Waals surface area contributed by atoms with E-state index in [1.807, 2.05) is 36.5 Å². The summed E-state index contributed by atoms with van der Waals surface area (Å²) >= 11 is 6.45. The number of halogens is 1. The number of aryl methyl sites for hydroxylation is 1. The number of carbonyl (C=O) groups excluding carboxylic acids is 1. The van der Waals surface area contributed by atoms with E-state index in [4.69, 9.17) is 16.3 Å². The van der Waals surface area contributed by atoms with Crippen LogP contribution >= 0.6 is 11.6 Å². The molecule has 0 aliphatic heterocycles. The first-order chi connectivity index (χ1) is 16.0. The lowest BCUT2D eigenvalue weighted by Gasteiger charge is -2.09. The number of amides is 1. The van der Waals surface area contributed by atoms with Crippen LogP contribution in [0, 0.1) is 0 Å². The summed E-state index contributed by atoms with van der Waals surface area (Å²) in [6.07, 6.45) is 4.33. The fourth-order valence-electron chi connectivity index (χ4n) is 3.81. The molecule has 33 heavy (non-hydrogen) atoms. The van der Waals surface area contributed by atoms with Crippen LogP contribution in [0.3, 0.4) is 0 Å². The Balaban J connectivity index is 1.51. The van der Waals surface area contributed by atoms with Crippen LogP contribution in [0.4, 0.5) is 0 Å². The summed E-state index contributed by atoms with van der Waals surface area (Å²) in [4.78, 5) is 28.1. The van der Waals surface area contributed by atoms with Crippen molar-refractivity contribution in [2.45, 2.75) is 13.0 Å². The maximum atomic E-state index is 12.5. The molecule has 2 heterocycles. The van der Waals surface area contributed by atoms with Crippen LogP contribution in [0.25, 0.3) is 22.0 Å². The molecule has 0 aliphatic carbocycles. The van der Waals surface area contributed by atoms with Crippen molar-refractivity contribution in [3.8, 4) is 16.9 Å². The van der Waals surface area contributed by atoms with E-state index in [9.17, 15) is 14.7 Å². The maximum Gasteiger partial charge on any atom is 0.336 e. The summed E-state index contributed by atoms with van der Waals surface area (Å²) in [5, 5.41) is 13.4. The lowest BCUT2D eigenvalue weighted by atomic mass is 10.1. The second-order valence-corrected chi connectivity index (χ2v) is 7.78. The third-order valence-corrected chi connectivity index (χ3v) is 5.68. The maximum absolute atomic E-state index is 12.5. The molecule has 0 saturated heterocycles. The predicted molar refractivity (Wildman–Crippen MR) is 127 cm³/mol. The first-order valence-electron chi connectivity index (χ1n) is 10.4. The molecule has 0 radical (unpaired) electrons. The zero-order valence-corrected chi connectivity index (χ0v) is 18.7. The molecule has 0 fully saturated rings. The van der Waals surface area contributed by atoms with Gasteiger partial charge in [-0.1, -0.05) is 35.9 Å². The minimum absolute atomic E-state index is 0.0172. The summed E-state index contributed by atoms with van der Waals surface area (Å²) in [6, 6.07) is 15.8. The van der Waals surface area contributed by atoms with Crippen molar-refractivity contribution in [1.29, 1.82) is 0 Å². The molecule has 4 aromatic rings. The number of benzene rings is 2. The number of fused-ring (bicyclic) bond motifs is 1. The molecule has 0 unspecified atom stereocenters. The molecule has 168 valence electrons. The Labute approximate surface area is 195 Å². The average molecular weight is 464 g/mol. The number of carbonyl (C=O) groups is 2. The topological polar surface area (TPSA) is 93.5 Å². The molecule has 0 atom stereocenters. The van der Waals surface area contributed by atoms with E-state index in [2.05, 4.69) is 14.9 Å². The fraction of sp³-hybridized carbons (Fsp3) is 0.160. The highest BCUT2D eigenvalue weighted by atomic mass is 35.5. The van der Waals surface area contributed by atoms with Crippen molar-refractivity contribution in [3.05, 3.63) is 83.3 Å². The van der Waals surface area contributed by atoms with E-state index in [0.29, 0.717) is 24.7 Å². The van der Waals surface area contributed by atoms with Crippen LogP contribution in [0.1, 0.15) is 27.1 Å². The SMILES string of the molecule is COc1cccc(-c2cn(CCCNC(=O)c3ccccc3C(=O)O)c3ccnc(Cl)c23)c1. The number of pyridine rings is 1. The van der Waals surface area contributed by atoms with Crippen LogP contribution in [0.5, 0.6) is 5.75 Å². The van der Waals surface area contributed by atoms with Gasteiger partial charge < -0.3 is 19.7 Å². The third kappa shape index (κ3) is 4.68. The van der Waals surface area contributed by atoms with Gasteiger partial charge in [0.15, 0.2) is 0 Å². The smallest absolute Gasteiger partial charge is 0.336 e. The normalized spacial score (nSPS) is 10.8. The Morgan fingerprint density at radius 2 is 1.91 bits per heavy atom. The van der Waals surface area contributed by atoms with Gasteiger partial charge in [0.1, 0.15) is 10.9 Å². The van der Waals surface area contributed by atoms with Gasteiger partial charge >= 0.3 is 5.97 Å². The largest absolute Gasteiger partial charge is 0.497 e. The summed E-state index contributed by atoms with van der Waals surface area (Å²) in [7, 11) is 1.63. The van der Waals surface area contributed by atoms with Gasteiger partial charge in [0.25, 0.3) is 5.91 Å². The second kappa shape index (κ2) is 9.75. The van der Waals surface area contributed by atoms with Crippen molar-refractivity contribution in [2.75, 3.05) is 13.7 Å². The molecule has 2 aromatic heterocycles. The lowest BCUT2D eigenvalue weighted by molar-refractivity contribution is 0.0691. The van der Waals surface area contributed by atoms with Gasteiger partial charge in [-0.2, -0.15) is 0 Å². The van der Waals surface area contributed by atoms with Crippen LogP contribution in [0.2, 0.25) is 5.15 Å². The highest BCUT2D eigenvalue weighted by molar-refractivity contribution is 6.35. The highest BCUT2D eigenvalue weighted by Crippen LogP contribution is 2.35. The van der Waals surface area contributed by atoms with Crippen LogP contribution < -0.4 is 10.1 Å². The highest BCUT2D eigenvalue weighted by Gasteiger charge is 2.16. The van der Waals surface area contributed by atoms with Gasteiger partial charge in [-0.15, -0.1) is 0 Å². The Morgan fingerprint density at radius 1 is 1.12 bits per heavy atom. The third-order valence-electron chi connectivity index (χ3n) is 5.39. The Morgan fingerprint density at radius 3 is 2.67 bits per heavy atom. The Kier molecular flexibility index (Phi) is 6.60. The minimum atomic E-state index is -1.13. The van der Waals surface area contributed by atoms with E-state index in [1.54, 1.807) is 25.4 Å². The van der Waals surface area contributed by atoms with E-state index < -0.39 is 11.9 Å². The summed E-state index contributed by atoms with van der Waals surface area (Å²) in [5.41, 5.74) is 2.98. The average Bonchev–Trinajstić information content (AvgIpc) is 3.21. The minimum Gasteiger partial charge on any atom is -0.497 e. The van der Waals surface area contributed by atoms with E-state index in [1.165, 1.54) is 12.1 Å². The summed E-state index contributed by atoms with van der Waals surface area (Å²) in [6.45, 7) is 1.02. The molecule has 0 aliphatic rings. The van der Waals surface area contributed by atoms with Gasteiger partial charge in [0.2, 0.25) is 0 Å². The monoisotopic (exact) mass is 463 g/mol. The zero-order valence-electron chi connectivity index (χ0n) is 17.9. The number of hydrogen-bond donors (Lipinski definition) is 2. The molecule has 7 nitrogen and oxygen atoms in total. The molecule has 2 aromatic carbocycles. The first kappa shape index (κ1) is 22.4. The van der Waals surface area contributed by atoms with Crippen LogP contribution in [-0.4, -0.2) is 40.2 Å². The Bertz CT molecular complexity index is 1330. The van der Waals surface area contributed by atoms with E-state index >= 15 is 0 Å². The number of nitrogens with one attached hydrogen (secondary N) is 1. The van der Waals surface area contributed by atoms with Crippen molar-refractivity contribution in [3.63, 3.8) is 0 Å². The number of carboxylic acid groups (broad SMARTS) is 1. The van der Waals surface area contributed by atoms with Crippen LogP contribution in [-0.2, 0) is 6.54 Å². The lowest BCUT2D eigenvalue weighted by Crippen LogP contribution is -2.27. The quantitative estimate of drug-likeness (QED) is 0.287. The molecule has 1 amide bonds. The number of hydrogen-bond acceptors (Lipinski definition) is 4. The first-order valence-corrected chi connectivity index (χ1v) is 10.8. The predicted octanol–water partition coefficient (Wildman–Crippen LogP) is 4.88. The zero-order chi connectivity index (χ0) is 23.4. The standard InChI is InChI=1S/C25H22ClN3O4/c1-33-17-7-4-6-16(14-17)20-15-29(21-10-12-27-23(26)22(20)21)13-5-11-28-24(30)18-8-2-3-9-19(18)25(31)32/h2-4,6-10,12,14-15H,5,11,13H2,1H3,(H,28,30)(H,31,32). The van der Waals surface area contributed by atoms with Crippen molar-refractivity contribution >= 4 is 34.4 Å². The molecule has 4 rings (SSSR count). The van der Waals surface area contributed by atoms with Gasteiger partial charge in [-0.3, -0.25) is 4.79 Å². The summed E-state index contributed by atoms with van der Waals surface area (Å²) < 4.78 is 7.43. The molecule has 0 saturated carbocycles. The van der Waals surface area contributed by atoms with Crippen molar-refractivity contribution < 1.29 is 19.4 Å². The molecule has 0 spiro atoms. The van der Waals surface area contributed by atoms with Crippen LogP contribution in [0.15, 0.2) is 67.0 Å². The Hall–Kier alpha value is -3.84. The van der Waals surface area contributed by atoms with Gasteiger partial charge in [-0.25, -0.2) is 9.78 Å². The number of carboxylic acids is 1. The number of ether oxygens (including phenoxy) is 1. The second-order valence-electron chi connectivity index (χ2n) is 7.42. The summed E-state index contributed by atoms with van der Waals surface area (Å²) in [5.74, 6) is -0.789. The van der Waals surface area contributed by atoms with Gasteiger partial charge in [0, 0.05) is 36.4 Å². The van der Waals surface area contributed by atoms with E-state index in [0.717, 1.165) is 27.8 Å². The molecule has 0 bridgehead atoms. The molecule has 8 heteroatoms. The number of rotatable bonds is 8. The van der Waals surface area contributed by atoms with Gasteiger partial charge in [0.05, 0.1) is 23.8 Å². The van der Waals surface area contributed by atoms with Crippen molar-refractivity contribution in [1.82, 2.24) is 14.9 Å². The number of aromatic carboxylic acids is 1. The number of nitrogens with zero attached hydrogens (tertiary/aromatic N) is 2. The number of methoxy groups -OCH3 is 1. The molecule has 2 N–H and O–H groups in total. The van der Waals surface area contributed by atoms with Crippen molar-refractivity contribution in [2.24, 2.45) is 0 Å². The van der Waals surface area contributed by atoms with Gasteiger partial charge in [-0.05, 0) is 42.3 Å². The molecular weight excluding hydrogens is 442 g/mol. The molecular formula is C25H22ClN3O4.